The van der Waals surface area contributed by atoms with Gasteiger partial charge in [-0.3, -0.25) is 4.79 Å². The van der Waals surface area contributed by atoms with Crippen LogP contribution in [0.1, 0.15) is 26.2 Å². The third-order valence-electron chi connectivity index (χ3n) is 2.92. The van der Waals surface area contributed by atoms with Crippen LogP contribution >= 0.6 is 11.8 Å². The van der Waals surface area contributed by atoms with Gasteiger partial charge in [0.2, 0.25) is 5.91 Å². The molecule has 0 radical (unpaired) electrons. The summed E-state index contributed by atoms with van der Waals surface area (Å²) >= 11 is 1.72. The van der Waals surface area contributed by atoms with E-state index in [-0.39, 0.29) is 11.9 Å². The van der Waals surface area contributed by atoms with Crippen LogP contribution in [0.2, 0.25) is 0 Å². The monoisotopic (exact) mass is 254 g/mol. The fourth-order valence-corrected chi connectivity index (χ4v) is 2.48. The molecule has 1 aliphatic rings. The number of thioether (sulfide) groups is 1. The standard InChI is InChI=1S/C13H22N2OS/c1-3-10-17-11-7-14-12(2)13(16)15-8-5-4-6-9-15/h1,12,14H,4-11H2,2H3. The predicted molar refractivity (Wildman–Crippen MR) is 74.1 cm³/mol. The summed E-state index contributed by atoms with van der Waals surface area (Å²) in [5.41, 5.74) is 0. The molecular weight excluding hydrogens is 232 g/mol. The van der Waals surface area contributed by atoms with Gasteiger partial charge >= 0.3 is 0 Å². The van der Waals surface area contributed by atoms with Crippen LogP contribution in [0.4, 0.5) is 0 Å². The first-order valence-electron chi connectivity index (χ1n) is 6.29. The highest BCUT2D eigenvalue weighted by molar-refractivity contribution is 7.99. The second-order valence-corrected chi connectivity index (χ2v) is 5.42. The van der Waals surface area contributed by atoms with Gasteiger partial charge in [0.1, 0.15) is 0 Å². The molecule has 1 atom stereocenters. The van der Waals surface area contributed by atoms with Crippen molar-refractivity contribution in [1.29, 1.82) is 0 Å². The number of nitrogens with one attached hydrogen (secondary N) is 1. The van der Waals surface area contributed by atoms with Crippen LogP contribution < -0.4 is 5.32 Å². The van der Waals surface area contributed by atoms with Gasteiger partial charge in [0, 0.05) is 25.4 Å². The fraction of sp³-hybridized carbons (Fsp3) is 0.769. The summed E-state index contributed by atoms with van der Waals surface area (Å²) in [5.74, 6) is 4.54. The lowest BCUT2D eigenvalue weighted by Gasteiger charge is -2.29. The Morgan fingerprint density at radius 3 is 2.82 bits per heavy atom. The first-order chi connectivity index (χ1) is 8.25. The van der Waals surface area contributed by atoms with E-state index in [0.29, 0.717) is 0 Å². The average molecular weight is 254 g/mol. The minimum Gasteiger partial charge on any atom is -0.341 e. The lowest BCUT2D eigenvalue weighted by molar-refractivity contribution is -0.133. The number of carbonyl (C=O) groups is 1. The first kappa shape index (κ1) is 14.4. The van der Waals surface area contributed by atoms with Crippen molar-refractivity contribution in [2.24, 2.45) is 0 Å². The molecule has 0 spiro atoms. The van der Waals surface area contributed by atoms with Crippen LogP contribution in [0, 0.1) is 12.3 Å². The molecule has 0 aliphatic carbocycles. The predicted octanol–water partition coefficient (Wildman–Crippen LogP) is 1.34. The number of rotatable bonds is 6. The lowest BCUT2D eigenvalue weighted by Crippen LogP contribution is -2.47. The summed E-state index contributed by atoms with van der Waals surface area (Å²) in [4.78, 5) is 14.0. The molecule has 96 valence electrons. The zero-order valence-corrected chi connectivity index (χ0v) is 11.4. The molecule has 0 aromatic rings. The third-order valence-corrected chi connectivity index (χ3v) is 3.78. The average Bonchev–Trinajstić information content (AvgIpc) is 2.38. The number of amides is 1. The zero-order valence-electron chi connectivity index (χ0n) is 10.6. The summed E-state index contributed by atoms with van der Waals surface area (Å²) in [6.07, 6.45) is 8.72. The molecule has 3 nitrogen and oxygen atoms in total. The SMILES string of the molecule is C#CCSCCNC(C)C(=O)N1CCCCC1. The summed E-state index contributed by atoms with van der Waals surface area (Å²) < 4.78 is 0. The van der Waals surface area contributed by atoms with Crippen LogP contribution in [0.15, 0.2) is 0 Å². The Balaban J connectivity index is 2.15. The summed E-state index contributed by atoms with van der Waals surface area (Å²) in [6, 6.07) is -0.0699. The molecule has 0 aromatic heterocycles. The fourth-order valence-electron chi connectivity index (χ4n) is 1.95. The Kier molecular flexibility index (Phi) is 7.14. The minimum atomic E-state index is -0.0699. The molecule has 0 aromatic carbocycles. The van der Waals surface area contributed by atoms with Gasteiger partial charge in [-0.1, -0.05) is 5.92 Å². The van der Waals surface area contributed by atoms with Gasteiger partial charge in [0.05, 0.1) is 11.8 Å². The minimum absolute atomic E-state index is 0.0699. The summed E-state index contributed by atoms with van der Waals surface area (Å²) in [6.45, 7) is 4.64. The van der Waals surface area contributed by atoms with Gasteiger partial charge in [-0.15, -0.1) is 18.2 Å². The van der Waals surface area contributed by atoms with Crippen LogP contribution in [-0.4, -0.2) is 48.0 Å². The Morgan fingerprint density at radius 2 is 2.18 bits per heavy atom. The van der Waals surface area contributed by atoms with Crippen LogP contribution in [0.5, 0.6) is 0 Å². The van der Waals surface area contributed by atoms with Crippen molar-refractivity contribution in [2.45, 2.75) is 32.2 Å². The second kappa shape index (κ2) is 8.43. The van der Waals surface area contributed by atoms with E-state index < -0.39 is 0 Å². The number of hydrogen-bond donors (Lipinski definition) is 1. The van der Waals surface area contributed by atoms with Crippen molar-refractivity contribution >= 4 is 17.7 Å². The maximum absolute atomic E-state index is 12.0. The van der Waals surface area contributed by atoms with Crippen LogP contribution in [-0.2, 0) is 4.79 Å². The van der Waals surface area contributed by atoms with E-state index in [1.807, 2.05) is 11.8 Å². The van der Waals surface area contributed by atoms with Crippen molar-refractivity contribution in [3.05, 3.63) is 0 Å². The summed E-state index contributed by atoms with van der Waals surface area (Å²) in [7, 11) is 0. The number of carbonyl (C=O) groups excluding carboxylic acids is 1. The topological polar surface area (TPSA) is 32.3 Å². The summed E-state index contributed by atoms with van der Waals surface area (Å²) in [5, 5.41) is 3.26. The maximum Gasteiger partial charge on any atom is 0.239 e. The highest BCUT2D eigenvalue weighted by atomic mass is 32.2. The maximum atomic E-state index is 12.0. The Labute approximate surface area is 109 Å². The van der Waals surface area contributed by atoms with Crippen LogP contribution in [0.3, 0.4) is 0 Å². The van der Waals surface area contributed by atoms with Gasteiger partial charge in [0.15, 0.2) is 0 Å². The Bertz CT molecular complexity index is 269. The van der Waals surface area contributed by atoms with E-state index >= 15 is 0 Å². The van der Waals surface area contributed by atoms with Crippen molar-refractivity contribution in [2.75, 3.05) is 31.1 Å². The molecule has 1 saturated heterocycles. The molecule has 0 bridgehead atoms. The molecule has 17 heavy (non-hydrogen) atoms. The quantitative estimate of drug-likeness (QED) is 0.573. The molecule has 4 heteroatoms. The number of nitrogens with zero attached hydrogens (tertiary/aromatic N) is 1. The Morgan fingerprint density at radius 1 is 1.47 bits per heavy atom. The van der Waals surface area contributed by atoms with E-state index in [2.05, 4.69) is 11.2 Å². The molecule has 1 amide bonds. The van der Waals surface area contributed by atoms with Crippen LogP contribution in [0.25, 0.3) is 0 Å². The molecule has 1 N–H and O–H groups in total. The Hall–Kier alpha value is -0.660. The molecular formula is C13H22N2OS. The molecule has 1 rings (SSSR count). The zero-order chi connectivity index (χ0) is 12.5. The highest BCUT2D eigenvalue weighted by Crippen LogP contribution is 2.09. The molecule has 0 saturated carbocycles. The highest BCUT2D eigenvalue weighted by Gasteiger charge is 2.21. The van der Waals surface area contributed by atoms with E-state index in [0.717, 1.165) is 44.0 Å². The second-order valence-electron chi connectivity index (χ2n) is 4.32. The number of piperidine rings is 1. The first-order valence-corrected chi connectivity index (χ1v) is 7.44. The molecule has 1 heterocycles. The smallest absolute Gasteiger partial charge is 0.239 e. The van der Waals surface area contributed by atoms with E-state index in [1.54, 1.807) is 11.8 Å². The molecule has 1 unspecified atom stereocenters. The van der Waals surface area contributed by atoms with E-state index in [9.17, 15) is 4.79 Å². The largest absolute Gasteiger partial charge is 0.341 e. The number of likely N-dealkylation sites (tertiary alicyclic amines) is 1. The van der Waals surface area contributed by atoms with E-state index in [4.69, 9.17) is 6.42 Å². The van der Waals surface area contributed by atoms with Crippen molar-refractivity contribution in [3.8, 4) is 12.3 Å². The normalized spacial score (nSPS) is 17.5. The van der Waals surface area contributed by atoms with Crippen molar-refractivity contribution in [3.63, 3.8) is 0 Å². The number of terminal acetylenes is 1. The molecule has 1 fully saturated rings. The van der Waals surface area contributed by atoms with Crippen molar-refractivity contribution in [1.82, 2.24) is 10.2 Å². The van der Waals surface area contributed by atoms with Gasteiger partial charge in [-0.05, 0) is 26.2 Å². The third kappa shape index (κ3) is 5.47. The van der Waals surface area contributed by atoms with Gasteiger partial charge in [-0.25, -0.2) is 0 Å². The van der Waals surface area contributed by atoms with Gasteiger partial charge in [-0.2, -0.15) is 0 Å². The van der Waals surface area contributed by atoms with Gasteiger partial charge < -0.3 is 10.2 Å². The lowest BCUT2D eigenvalue weighted by atomic mass is 10.1. The van der Waals surface area contributed by atoms with Gasteiger partial charge in [0.25, 0.3) is 0 Å². The van der Waals surface area contributed by atoms with Crippen molar-refractivity contribution < 1.29 is 4.79 Å². The number of hydrogen-bond acceptors (Lipinski definition) is 3. The molecule has 1 aliphatic heterocycles. The van der Waals surface area contributed by atoms with E-state index in [1.165, 1.54) is 6.42 Å².